The van der Waals surface area contributed by atoms with E-state index >= 15 is 0 Å². The highest BCUT2D eigenvalue weighted by atomic mass is 16.1. The van der Waals surface area contributed by atoms with Crippen molar-refractivity contribution in [3.8, 4) is 0 Å². The van der Waals surface area contributed by atoms with Crippen LogP contribution in [-0.4, -0.2) is 6.79 Å². The Bertz CT molecular complexity index is 147. The second-order valence-corrected chi connectivity index (χ2v) is 2.92. The molecule has 0 saturated heterocycles. The summed E-state index contributed by atoms with van der Waals surface area (Å²) in [5.41, 5.74) is 0. The molecule has 0 spiro atoms. The third kappa shape index (κ3) is 4.89. The largest absolute Gasteiger partial charge is 0.307 e. The van der Waals surface area contributed by atoms with Gasteiger partial charge >= 0.3 is 0 Å². The molecule has 1 aliphatic rings. The minimum atomic E-state index is 0.823. The molecule has 0 aromatic rings. The van der Waals surface area contributed by atoms with Crippen molar-refractivity contribution in [3.63, 3.8) is 0 Å². The first kappa shape index (κ1) is 11.2. The lowest BCUT2D eigenvalue weighted by molar-refractivity contribution is -0.0979. The lowest BCUT2D eigenvalue weighted by atomic mass is 10.0. The molecule has 1 heteroatoms. The third-order valence-electron chi connectivity index (χ3n) is 1.95. The standard InChI is InChI=1S/C10H16.CH2O/c1-2-7-10-8-5-3-4-6-9-10;1-2/h3,5-6,9-10H,2,4,7-8H2,1H3;1H2. The van der Waals surface area contributed by atoms with Crippen LogP contribution in [0.3, 0.4) is 0 Å². The molecule has 0 aliphatic heterocycles. The smallest absolute Gasteiger partial charge is 0.106 e. The lowest BCUT2D eigenvalue weighted by Gasteiger charge is -2.05. The Morgan fingerprint density at radius 1 is 1.33 bits per heavy atom. The average molecular weight is 166 g/mol. The summed E-state index contributed by atoms with van der Waals surface area (Å²) in [5.74, 6) is 0.823. The number of hydrogen-bond donors (Lipinski definition) is 0. The van der Waals surface area contributed by atoms with Gasteiger partial charge in [0.1, 0.15) is 6.79 Å². The van der Waals surface area contributed by atoms with Crippen LogP contribution in [0.25, 0.3) is 0 Å². The van der Waals surface area contributed by atoms with Gasteiger partial charge in [-0.3, -0.25) is 0 Å². The quantitative estimate of drug-likeness (QED) is 0.576. The Balaban J connectivity index is 0.000000561. The number of rotatable bonds is 2. The van der Waals surface area contributed by atoms with E-state index in [1.54, 1.807) is 0 Å². The molecule has 1 unspecified atom stereocenters. The molecule has 1 rings (SSSR count). The Labute approximate surface area is 75.2 Å². The maximum absolute atomic E-state index is 8.00. The van der Waals surface area contributed by atoms with Crippen LogP contribution in [0.1, 0.15) is 32.6 Å². The highest BCUT2D eigenvalue weighted by molar-refractivity contribution is 5.11. The molecule has 0 amide bonds. The Hall–Kier alpha value is -0.850. The van der Waals surface area contributed by atoms with Crippen molar-refractivity contribution >= 4 is 6.79 Å². The van der Waals surface area contributed by atoms with Crippen molar-refractivity contribution < 1.29 is 4.79 Å². The van der Waals surface area contributed by atoms with Gasteiger partial charge in [0.15, 0.2) is 0 Å². The summed E-state index contributed by atoms with van der Waals surface area (Å²) >= 11 is 0. The predicted octanol–water partition coefficient (Wildman–Crippen LogP) is 3.12. The van der Waals surface area contributed by atoms with Gasteiger partial charge in [0.05, 0.1) is 0 Å². The maximum Gasteiger partial charge on any atom is 0.106 e. The fourth-order valence-electron chi connectivity index (χ4n) is 1.38. The summed E-state index contributed by atoms with van der Waals surface area (Å²) in [7, 11) is 0. The number of hydrogen-bond acceptors (Lipinski definition) is 1. The summed E-state index contributed by atoms with van der Waals surface area (Å²) in [4.78, 5) is 8.00. The fourth-order valence-corrected chi connectivity index (χ4v) is 1.38. The van der Waals surface area contributed by atoms with E-state index < -0.39 is 0 Å². The van der Waals surface area contributed by atoms with Crippen LogP contribution in [0.5, 0.6) is 0 Å². The van der Waals surface area contributed by atoms with Crippen LogP contribution < -0.4 is 0 Å². The van der Waals surface area contributed by atoms with Gasteiger partial charge in [-0.2, -0.15) is 0 Å². The monoisotopic (exact) mass is 166 g/mol. The second-order valence-electron chi connectivity index (χ2n) is 2.92. The lowest BCUT2D eigenvalue weighted by Crippen LogP contribution is -1.91. The van der Waals surface area contributed by atoms with E-state index in [1.807, 2.05) is 6.79 Å². The average Bonchev–Trinajstić information content (AvgIpc) is 2.37. The van der Waals surface area contributed by atoms with Crippen molar-refractivity contribution in [1.29, 1.82) is 0 Å². The molecule has 0 saturated carbocycles. The Morgan fingerprint density at radius 3 is 2.75 bits per heavy atom. The van der Waals surface area contributed by atoms with E-state index in [-0.39, 0.29) is 0 Å². The molecule has 0 heterocycles. The zero-order chi connectivity index (χ0) is 9.23. The molecule has 68 valence electrons. The zero-order valence-electron chi connectivity index (χ0n) is 7.83. The first-order valence-electron chi connectivity index (χ1n) is 4.54. The normalized spacial score (nSPS) is 20.9. The van der Waals surface area contributed by atoms with E-state index in [0.29, 0.717) is 0 Å². The predicted molar refractivity (Wildman–Crippen MR) is 53.0 cm³/mol. The first-order valence-corrected chi connectivity index (χ1v) is 4.54. The van der Waals surface area contributed by atoms with Crippen molar-refractivity contribution in [2.24, 2.45) is 5.92 Å². The van der Waals surface area contributed by atoms with Crippen LogP contribution in [0.15, 0.2) is 24.3 Å². The molecule has 0 fully saturated rings. The van der Waals surface area contributed by atoms with Gasteiger partial charge in [-0.25, -0.2) is 0 Å². The van der Waals surface area contributed by atoms with E-state index in [2.05, 4.69) is 31.2 Å². The van der Waals surface area contributed by atoms with Crippen molar-refractivity contribution in [3.05, 3.63) is 24.3 Å². The van der Waals surface area contributed by atoms with Crippen molar-refractivity contribution in [2.75, 3.05) is 0 Å². The summed E-state index contributed by atoms with van der Waals surface area (Å²) < 4.78 is 0. The number of carbonyl (C=O) groups is 1. The van der Waals surface area contributed by atoms with Crippen molar-refractivity contribution in [1.82, 2.24) is 0 Å². The van der Waals surface area contributed by atoms with Gasteiger partial charge in [-0.1, -0.05) is 37.6 Å². The summed E-state index contributed by atoms with van der Waals surface area (Å²) in [5, 5.41) is 0. The molecule has 1 aliphatic carbocycles. The van der Waals surface area contributed by atoms with E-state index in [0.717, 1.165) is 12.3 Å². The molecular weight excluding hydrogens is 148 g/mol. The maximum atomic E-state index is 8.00. The van der Waals surface area contributed by atoms with Gasteiger partial charge in [0, 0.05) is 0 Å². The Morgan fingerprint density at radius 2 is 2.08 bits per heavy atom. The van der Waals surface area contributed by atoms with Gasteiger partial charge in [-0.05, 0) is 25.2 Å². The van der Waals surface area contributed by atoms with E-state index in [1.165, 1.54) is 19.3 Å². The Kier molecular flexibility index (Phi) is 7.66. The molecule has 12 heavy (non-hydrogen) atoms. The van der Waals surface area contributed by atoms with Crippen LogP contribution in [-0.2, 0) is 4.79 Å². The molecular formula is C11H18O. The molecule has 0 N–H and O–H groups in total. The van der Waals surface area contributed by atoms with E-state index in [4.69, 9.17) is 4.79 Å². The molecule has 0 radical (unpaired) electrons. The minimum Gasteiger partial charge on any atom is -0.307 e. The van der Waals surface area contributed by atoms with Crippen LogP contribution in [0.4, 0.5) is 0 Å². The minimum absolute atomic E-state index is 0.823. The highest BCUT2D eigenvalue weighted by Gasteiger charge is 2.01. The molecule has 0 aromatic carbocycles. The van der Waals surface area contributed by atoms with E-state index in [9.17, 15) is 0 Å². The molecule has 1 atom stereocenters. The summed E-state index contributed by atoms with van der Waals surface area (Å²) in [6.45, 7) is 4.25. The highest BCUT2D eigenvalue weighted by Crippen LogP contribution is 2.16. The van der Waals surface area contributed by atoms with Crippen LogP contribution in [0.2, 0.25) is 0 Å². The SMILES string of the molecule is C=O.CCCC1C=CCC=CC1. The van der Waals surface area contributed by atoms with Crippen LogP contribution >= 0.6 is 0 Å². The summed E-state index contributed by atoms with van der Waals surface area (Å²) in [6, 6.07) is 0. The topological polar surface area (TPSA) is 17.1 Å². The molecule has 0 bridgehead atoms. The first-order chi connectivity index (χ1) is 5.93. The van der Waals surface area contributed by atoms with Gasteiger partial charge in [0.25, 0.3) is 0 Å². The zero-order valence-corrected chi connectivity index (χ0v) is 7.83. The molecule has 1 nitrogen and oxygen atoms in total. The van der Waals surface area contributed by atoms with Gasteiger partial charge in [0.2, 0.25) is 0 Å². The van der Waals surface area contributed by atoms with Gasteiger partial charge in [-0.15, -0.1) is 0 Å². The number of carbonyl (C=O) groups excluding carboxylic acids is 1. The second kappa shape index (κ2) is 8.25. The molecule has 0 aromatic heterocycles. The summed E-state index contributed by atoms with van der Waals surface area (Å²) in [6.07, 6.45) is 14.3. The van der Waals surface area contributed by atoms with Crippen LogP contribution in [0, 0.1) is 5.92 Å². The number of allylic oxidation sites excluding steroid dienone is 4. The third-order valence-corrected chi connectivity index (χ3v) is 1.95. The van der Waals surface area contributed by atoms with Crippen molar-refractivity contribution in [2.45, 2.75) is 32.6 Å². The fraction of sp³-hybridized carbons (Fsp3) is 0.545. The van der Waals surface area contributed by atoms with Gasteiger partial charge < -0.3 is 4.79 Å².